The summed E-state index contributed by atoms with van der Waals surface area (Å²) >= 11 is 1.51. The Balaban J connectivity index is 3.72. The zero-order chi connectivity index (χ0) is 9.45. The molecule has 1 atom stereocenters. The predicted octanol–water partition coefficient (Wildman–Crippen LogP) is 3.77. The number of rotatable bonds is 7. The fraction of sp³-hybridized carbons (Fsp3) is 1.00. The van der Waals surface area contributed by atoms with Crippen molar-refractivity contribution in [2.75, 3.05) is 18.5 Å². The maximum Gasteiger partial charge on any atom is 0.257 e. The molecule has 1 unspecified atom stereocenters. The molecule has 2 nitrogen and oxygen atoms in total. The highest BCUT2D eigenvalue weighted by atomic mass is 32.7. The molecule has 0 rings (SSSR count). The van der Waals surface area contributed by atoms with Crippen LogP contribution in [0.4, 0.5) is 0 Å². The van der Waals surface area contributed by atoms with Crippen LogP contribution in [-0.4, -0.2) is 18.5 Å². The van der Waals surface area contributed by atoms with Crippen LogP contribution in [0, 0.1) is 0 Å². The van der Waals surface area contributed by atoms with E-state index in [1.807, 2.05) is 13.8 Å². The molecule has 0 radical (unpaired) electrons. The molecule has 0 amide bonds. The van der Waals surface area contributed by atoms with Crippen LogP contribution in [0.15, 0.2) is 0 Å². The second-order valence-electron chi connectivity index (χ2n) is 2.53. The van der Waals surface area contributed by atoms with Gasteiger partial charge in [-0.05, 0) is 13.3 Å². The van der Waals surface area contributed by atoms with Gasteiger partial charge >= 0.3 is 0 Å². The maximum atomic E-state index is 11.8. The topological polar surface area (TPSA) is 26.3 Å². The van der Waals surface area contributed by atoms with Crippen molar-refractivity contribution < 1.29 is 9.09 Å². The largest absolute Gasteiger partial charge is 0.321 e. The Labute approximate surface area is 79.7 Å². The molecule has 0 heterocycles. The molecular formula is C8H19O2PS. The molecule has 0 saturated carbocycles. The lowest BCUT2D eigenvalue weighted by Crippen LogP contribution is -1.90. The highest BCUT2D eigenvalue weighted by Crippen LogP contribution is 2.59. The van der Waals surface area contributed by atoms with Gasteiger partial charge in [0.25, 0.3) is 6.57 Å². The highest BCUT2D eigenvalue weighted by Gasteiger charge is 2.19. The first-order chi connectivity index (χ1) is 5.68. The number of hydrogen-bond acceptors (Lipinski definition) is 3. The molecule has 0 spiro atoms. The Hall–Kier alpha value is 0.540. The molecule has 0 bridgehead atoms. The van der Waals surface area contributed by atoms with Crippen LogP contribution < -0.4 is 0 Å². The predicted molar refractivity (Wildman–Crippen MR) is 57.1 cm³/mol. The first-order valence-corrected chi connectivity index (χ1v) is 7.96. The van der Waals surface area contributed by atoms with Crippen molar-refractivity contribution in [3.8, 4) is 0 Å². The fourth-order valence-corrected chi connectivity index (χ4v) is 4.60. The summed E-state index contributed by atoms with van der Waals surface area (Å²) in [6.07, 6.45) is 2.93. The van der Waals surface area contributed by atoms with Crippen molar-refractivity contribution in [2.45, 2.75) is 33.6 Å². The van der Waals surface area contributed by atoms with Gasteiger partial charge in [0.2, 0.25) is 0 Å². The summed E-state index contributed by atoms with van der Waals surface area (Å²) in [4.78, 5) is 0. The third-order valence-electron chi connectivity index (χ3n) is 1.50. The Morgan fingerprint density at radius 3 is 2.42 bits per heavy atom. The van der Waals surface area contributed by atoms with Crippen molar-refractivity contribution in [3.63, 3.8) is 0 Å². The second kappa shape index (κ2) is 6.99. The van der Waals surface area contributed by atoms with Crippen LogP contribution in [0.3, 0.4) is 0 Å². The molecule has 12 heavy (non-hydrogen) atoms. The zero-order valence-corrected chi connectivity index (χ0v) is 9.92. The molecule has 0 aliphatic heterocycles. The third kappa shape index (κ3) is 5.23. The zero-order valence-electron chi connectivity index (χ0n) is 8.21. The van der Waals surface area contributed by atoms with Crippen LogP contribution in [0.1, 0.15) is 33.6 Å². The molecule has 0 aromatic rings. The average Bonchev–Trinajstić information content (AvgIpc) is 2.06. The van der Waals surface area contributed by atoms with E-state index in [0.29, 0.717) is 12.8 Å². The molecule has 0 fully saturated rings. The first kappa shape index (κ1) is 12.5. The van der Waals surface area contributed by atoms with Crippen LogP contribution in [0.5, 0.6) is 0 Å². The molecular weight excluding hydrogens is 191 g/mol. The molecule has 0 aliphatic rings. The smallest absolute Gasteiger partial charge is 0.257 e. The Bertz CT molecular complexity index is 150. The monoisotopic (exact) mass is 210 g/mol. The van der Waals surface area contributed by atoms with E-state index in [9.17, 15) is 4.57 Å². The van der Waals surface area contributed by atoms with E-state index in [4.69, 9.17) is 4.52 Å². The minimum atomic E-state index is -2.31. The van der Waals surface area contributed by atoms with E-state index in [1.54, 1.807) is 0 Å². The molecule has 0 N–H and O–H groups in total. The lowest BCUT2D eigenvalue weighted by Gasteiger charge is -2.14. The lowest BCUT2D eigenvalue weighted by atomic mass is 10.4. The Morgan fingerprint density at radius 2 is 2.00 bits per heavy atom. The van der Waals surface area contributed by atoms with Gasteiger partial charge in [-0.1, -0.05) is 31.7 Å². The minimum absolute atomic E-state index is 0.560. The summed E-state index contributed by atoms with van der Waals surface area (Å²) < 4.78 is 17.0. The summed E-state index contributed by atoms with van der Waals surface area (Å²) in [5, 5.41) is 0. The van der Waals surface area contributed by atoms with Gasteiger partial charge in [0.1, 0.15) is 0 Å². The van der Waals surface area contributed by atoms with E-state index in [0.717, 1.165) is 18.6 Å². The van der Waals surface area contributed by atoms with Crippen LogP contribution >= 0.6 is 18.0 Å². The quantitative estimate of drug-likeness (QED) is 0.472. The normalized spacial score (nSPS) is 15.9. The lowest BCUT2D eigenvalue weighted by molar-refractivity contribution is 0.346. The standard InChI is InChI=1S/C8H19O2PS/c1-4-7-8-12-11(9,6-3)10-5-2/h4-8H2,1-3H3. The maximum absolute atomic E-state index is 11.8. The third-order valence-corrected chi connectivity index (χ3v) is 6.61. The molecule has 0 aliphatic carbocycles. The average molecular weight is 210 g/mol. The highest BCUT2D eigenvalue weighted by molar-refractivity contribution is 8.56. The second-order valence-corrected chi connectivity index (χ2v) is 7.75. The molecule has 4 heteroatoms. The van der Waals surface area contributed by atoms with E-state index >= 15 is 0 Å². The summed E-state index contributed by atoms with van der Waals surface area (Å²) in [7, 11) is 0. The number of hydrogen-bond donors (Lipinski definition) is 0. The molecule has 0 aromatic carbocycles. The Kier molecular flexibility index (Phi) is 7.31. The van der Waals surface area contributed by atoms with E-state index in [1.165, 1.54) is 11.4 Å². The van der Waals surface area contributed by atoms with Gasteiger partial charge in [0.05, 0.1) is 6.61 Å². The van der Waals surface area contributed by atoms with Crippen molar-refractivity contribution in [2.24, 2.45) is 0 Å². The van der Waals surface area contributed by atoms with Crippen LogP contribution in [-0.2, 0) is 9.09 Å². The molecule has 74 valence electrons. The van der Waals surface area contributed by atoms with E-state index in [2.05, 4.69) is 6.92 Å². The van der Waals surface area contributed by atoms with Crippen LogP contribution in [0.2, 0.25) is 0 Å². The van der Waals surface area contributed by atoms with Crippen molar-refractivity contribution in [1.29, 1.82) is 0 Å². The Morgan fingerprint density at radius 1 is 1.33 bits per heavy atom. The number of unbranched alkanes of at least 4 members (excludes halogenated alkanes) is 1. The van der Waals surface area contributed by atoms with Crippen molar-refractivity contribution in [1.82, 2.24) is 0 Å². The van der Waals surface area contributed by atoms with E-state index < -0.39 is 6.57 Å². The first-order valence-electron chi connectivity index (χ1n) is 4.56. The van der Waals surface area contributed by atoms with Crippen molar-refractivity contribution in [3.05, 3.63) is 0 Å². The van der Waals surface area contributed by atoms with Gasteiger partial charge in [0, 0.05) is 11.9 Å². The molecule has 0 aromatic heterocycles. The SMILES string of the molecule is CCCCSP(=O)(CC)OCC. The van der Waals surface area contributed by atoms with Gasteiger partial charge in [-0.2, -0.15) is 0 Å². The van der Waals surface area contributed by atoms with Crippen LogP contribution in [0.25, 0.3) is 0 Å². The van der Waals surface area contributed by atoms with Gasteiger partial charge < -0.3 is 4.52 Å². The fourth-order valence-electron chi connectivity index (χ4n) is 0.765. The van der Waals surface area contributed by atoms with Gasteiger partial charge in [-0.3, -0.25) is 4.57 Å². The van der Waals surface area contributed by atoms with E-state index in [-0.39, 0.29) is 0 Å². The summed E-state index contributed by atoms with van der Waals surface area (Å²) in [5.41, 5.74) is 0. The summed E-state index contributed by atoms with van der Waals surface area (Å²) in [5.74, 6) is 0.960. The van der Waals surface area contributed by atoms with Gasteiger partial charge in [-0.15, -0.1) is 0 Å². The summed E-state index contributed by atoms with van der Waals surface area (Å²) in [6.45, 7) is 4.20. The molecule has 0 saturated heterocycles. The van der Waals surface area contributed by atoms with Gasteiger partial charge in [0.15, 0.2) is 0 Å². The van der Waals surface area contributed by atoms with Gasteiger partial charge in [-0.25, -0.2) is 0 Å². The summed E-state index contributed by atoms with van der Waals surface area (Å²) in [6, 6.07) is 0. The minimum Gasteiger partial charge on any atom is -0.321 e. The van der Waals surface area contributed by atoms with Crippen molar-refractivity contribution >= 4 is 18.0 Å².